The fraction of sp³-hybridized carbons (Fsp3) is 0.273. The number of nitrogens with two attached hydrogens (primary N) is 3. The minimum absolute atomic E-state index is 0.138. The van der Waals surface area contributed by atoms with Gasteiger partial charge in [-0.2, -0.15) is 4.98 Å². The Bertz CT molecular complexity index is 986. The Morgan fingerprint density at radius 3 is 1.96 bits per heavy atom. The lowest BCUT2D eigenvalue weighted by Crippen LogP contribution is -2.11. The monoisotopic (exact) mass is 377 g/mol. The molecule has 3 rings (SSSR count). The molecule has 0 unspecified atom stereocenters. The second-order valence-corrected chi connectivity index (χ2v) is 7.06. The number of hydrogen-bond donors (Lipinski definition) is 3. The van der Waals surface area contributed by atoms with Gasteiger partial charge >= 0.3 is 0 Å². The van der Waals surface area contributed by atoms with E-state index in [0.29, 0.717) is 18.1 Å². The van der Waals surface area contributed by atoms with E-state index >= 15 is 0 Å². The van der Waals surface area contributed by atoms with Crippen LogP contribution in [0.4, 0.5) is 17.5 Å². The summed E-state index contributed by atoms with van der Waals surface area (Å²) in [4.78, 5) is 8.63. The van der Waals surface area contributed by atoms with E-state index in [1.54, 1.807) is 0 Å². The maximum Gasteiger partial charge on any atom is 0.222 e. The molecule has 2 aromatic carbocycles. The van der Waals surface area contributed by atoms with Crippen molar-refractivity contribution < 1.29 is 4.74 Å². The van der Waals surface area contributed by atoms with Gasteiger partial charge in [0, 0.05) is 11.3 Å². The van der Waals surface area contributed by atoms with Crippen LogP contribution in [0, 0.1) is 27.7 Å². The second-order valence-electron chi connectivity index (χ2n) is 7.06. The molecule has 6 heteroatoms. The summed E-state index contributed by atoms with van der Waals surface area (Å²) < 4.78 is 5.92. The number of hydrogen-bond acceptors (Lipinski definition) is 6. The van der Waals surface area contributed by atoms with E-state index in [0.717, 1.165) is 44.6 Å². The van der Waals surface area contributed by atoms with Crippen LogP contribution >= 0.6 is 0 Å². The molecule has 0 spiro atoms. The normalized spacial score (nSPS) is 11.0. The molecule has 0 bridgehead atoms. The number of anilines is 3. The molecule has 6 N–H and O–H groups in total. The topological polar surface area (TPSA) is 113 Å². The van der Waals surface area contributed by atoms with E-state index in [4.69, 9.17) is 21.9 Å². The van der Waals surface area contributed by atoms with Gasteiger partial charge in [0.2, 0.25) is 5.95 Å². The summed E-state index contributed by atoms with van der Waals surface area (Å²) in [6.07, 6.45) is 0. The minimum atomic E-state index is 0.138. The van der Waals surface area contributed by atoms with Gasteiger partial charge in [0.05, 0.1) is 18.9 Å². The highest BCUT2D eigenvalue weighted by Gasteiger charge is 2.21. The van der Waals surface area contributed by atoms with Crippen LogP contribution in [0.2, 0.25) is 0 Å². The third kappa shape index (κ3) is 3.64. The van der Waals surface area contributed by atoms with Gasteiger partial charge in [-0.05, 0) is 61.1 Å². The Kier molecular flexibility index (Phi) is 5.51. The number of ether oxygens (including phenoxy) is 1. The molecule has 146 valence electrons. The molecule has 0 fully saturated rings. The minimum Gasteiger partial charge on any atom is -0.398 e. The van der Waals surface area contributed by atoms with Gasteiger partial charge in [-0.15, -0.1) is 0 Å². The van der Waals surface area contributed by atoms with E-state index in [1.807, 2.05) is 58.0 Å². The van der Waals surface area contributed by atoms with E-state index in [2.05, 4.69) is 9.97 Å². The predicted octanol–water partition coefficient (Wildman–Crippen LogP) is 3.84. The first-order chi connectivity index (χ1) is 13.3. The van der Waals surface area contributed by atoms with Crippen molar-refractivity contribution in [3.05, 3.63) is 63.8 Å². The molecule has 3 aromatic rings. The second kappa shape index (κ2) is 7.86. The van der Waals surface area contributed by atoms with Crippen LogP contribution in [0.5, 0.6) is 0 Å². The van der Waals surface area contributed by atoms with Crippen LogP contribution in [0.1, 0.15) is 33.5 Å². The molecule has 28 heavy (non-hydrogen) atoms. The van der Waals surface area contributed by atoms with Crippen molar-refractivity contribution in [1.29, 1.82) is 0 Å². The Morgan fingerprint density at radius 2 is 1.36 bits per heavy atom. The SMILES string of the molecule is Cc1c(C)c(-c2c(N)nc(N)nc2COCc2ccccc2)c(C)c(C)c1N. The van der Waals surface area contributed by atoms with Crippen molar-refractivity contribution in [3.63, 3.8) is 0 Å². The van der Waals surface area contributed by atoms with Crippen LogP contribution in [0.3, 0.4) is 0 Å². The zero-order valence-electron chi connectivity index (χ0n) is 16.8. The number of benzene rings is 2. The molecular weight excluding hydrogens is 350 g/mol. The molecule has 0 aliphatic heterocycles. The molecule has 0 amide bonds. The van der Waals surface area contributed by atoms with E-state index in [-0.39, 0.29) is 12.6 Å². The molecule has 0 saturated carbocycles. The summed E-state index contributed by atoms with van der Waals surface area (Å²) in [5.74, 6) is 0.485. The molecule has 0 saturated heterocycles. The summed E-state index contributed by atoms with van der Waals surface area (Å²) >= 11 is 0. The molecule has 6 nitrogen and oxygen atoms in total. The predicted molar refractivity (Wildman–Crippen MR) is 115 cm³/mol. The zero-order chi connectivity index (χ0) is 20.4. The Morgan fingerprint density at radius 1 is 0.750 bits per heavy atom. The summed E-state index contributed by atoms with van der Waals surface area (Å²) in [7, 11) is 0. The van der Waals surface area contributed by atoms with Crippen molar-refractivity contribution in [2.45, 2.75) is 40.9 Å². The van der Waals surface area contributed by atoms with E-state index in [1.165, 1.54) is 0 Å². The average Bonchev–Trinajstić information content (AvgIpc) is 2.67. The van der Waals surface area contributed by atoms with Gasteiger partial charge in [0.1, 0.15) is 5.82 Å². The fourth-order valence-electron chi connectivity index (χ4n) is 3.48. The van der Waals surface area contributed by atoms with E-state index in [9.17, 15) is 0 Å². The lowest BCUT2D eigenvalue weighted by Gasteiger charge is -2.21. The maximum absolute atomic E-state index is 6.30. The first-order valence-electron chi connectivity index (χ1n) is 9.21. The van der Waals surface area contributed by atoms with Crippen LogP contribution in [-0.2, 0) is 18.0 Å². The standard InChI is InChI=1S/C22H27N5O/c1-12-14(3)20(23)15(4)13(2)18(12)19-17(26-22(25)27-21(19)24)11-28-10-16-8-6-5-7-9-16/h5-9H,10-11,23H2,1-4H3,(H4,24,25,26,27). The fourth-order valence-corrected chi connectivity index (χ4v) is 3.48. The van der Waals surface area contributed by atoms with Gasteiger partial charge < -0.3 is 21.9 Å². The first-order valence-corrected chi connectivity index (χ1v) is 9.21. The molecule has 1 heterocycles. The lowest BCUT2D eigenvalue weighted by molar-refractivity contribution is 0.105. The third-order valence-electron chi connectivity index (χ3n) is 5.31. The molecule has 1 aromatic heterocycles. The quantitative estimate of drug-likeness (QED) is 0.582. The summed E-state index contributed by atoms with van der Waals surface area (Å²) in [5.41, 5.74) is 27.0. The lowest BCUT2D eigenvalue weighted by atomic mass is 9.87. The summed E-state index contributed by atoms with van der Waals surface area (Å²) in [6.45, 7) is 8.86. The number of aromatic nitrogens is 2. The zero-order valence-corrected chi connectivity index (χ0v) is 16.8. The average molecular weight is 377 g/mol. The van der Waals surface area contributed by atoms with Crippen LogP contribution in [-0.4, -0.2) is 9.97 Å². The Hall–Kier alpha value is -3.12. The van der Waals surface area contributed by atoms with Crippen LogP contribution in [0.15, 0.2) is 30.3 Å². The van der Waals surface area contributed by atoms with Gasteiger partial charge in [0.15, 0.2) is 0 Å². The third-order valence-corrected chi connectivity index (χ3v) is 5.31. The van der Waals surface area contributed by atoms with E-state index < -0.39 is 0 Å². The van der Waals surface area contributed by atoms with Gasteiger partial charge in [-0.1, -0.05) is 30.3 Å². The highest BCUT2D eigenvalue weighted by Crippen LogP contribution is 2.39. The molecule has 0 atom stereocenters. The van der Waals surface area contributed by atoms with Crippen molar-refractivity contribution in [2.75, 3.05) is 17.2 Å². The smallest absolute Gasteiger partial charge is 0.222 e. The van der Waals surface area contributed by atoms with Crippen molar-refractivity contribution in [2.24, 2.45) is 0 Å². The summed E-state index contributed by atoms with van der Waals surface area (Å²) in [5, 5.41) is 0. The maximum atomic E-state index is 6.30. The first kappa shape index (κ1) is 19.6. The highest BCUT2D eigenvalue weighted by atomic mass is 16.5. The van der Waals surface area contributed by atoms with Gasteiger partial charge in [-0.25, -0.2) is 4.98 Å². The molecule has 0 radical (unpaired) electrons. The highest BCUT2D eigenvalue weighted by molar-refractivity contribution is 5.85. The largest absolute Gasteiger partial charge is 0.398 e. The molecule has 0 aliphatic carbocycles. The number of rotatable bonds is 5. The Balaban J connectivity index is 2.05. The van der Waals surface area contributed by atoms with Crippen LogP contribution in [0.25, 0.3) is 11.1 Å². The number of nitrogens with zero attached hydrogens (tertiary/aromatic N) is 2. The van der Waals surface area contributed by atoms with Crippen molar-refractivity contribution >= 4 is 17.5 Å². The molecular formula is C22H27N5O. The van der Waals surface area contributed by atoms with Crippen molar-refractivity contribution in [1.82, 2.24) is 9.97 Å². The van der Waals surface area contributed by atoms with Crippen molar-refractivity contribution in [3.8, 4) is 11.1 Å². The van der Waals surface area contributed by atoms with Gasteiger partial charge in [0.25, 0.3) is 0 Å². The van der Waals surface area contributed by atoms with Gasteiger partial charge in [-0.3, -0.25) is 0 Å². The molecule has 0 aliphatic rings. The van der Waals surface area contributed by atoms with Crippen LogP contribution < -0.4 is 17.2 Å². The summed E-state index contributed by atoms with van der Waals surface area (Å²) in [6, 6.07) is 9.98. The Labute approximate surface area is 165 Å². The number of nitrogen functional groups attached to an aromatic ring is 3.